The van der Waals surface area contributed by atoms with E-state index < -0.39 is 11.9 Å². The second kappa shape index (κ2) is 8.63. The minimum atomic E-state index is -0.900. The molecule has 0 radical (unpaired) electrons. The highest BCUT2D eigenvalue weighted by atomic mass is 19.1. The molecule has 0 aliphatic carbocycles. The summed E-state index contributed by atoms with van der Waals surface area (Å²) in [6.45, 7) is 1.47. The van der Waals surface area contributed by atoms with Crippen LogP contribution in [0.5, 0.6) is 0 Å². The summed E-state index contributed by atoms with van der Waals surface area (Å²) < 4.78 is 13.7. The summed E-state index contributed by atoms with van der Waals surface area (Å²) in [5.41, 5.74) is 1.50. The van der Waals surface area contributed by atoms with Gasteiger partial charge in [0.1, 0.15) is 5.82 Å². The van der Waals surface area contributed by atoms with Crippen LogP contribution in [0.3, 0.4) is 0 Å². The van der Waals surface area contributed by atoms with Gasteiger partial charge in [-0.2, -0.15) is 0 Å². The predicted molar refractivity (Wildman–Crippen MR) is 85.0 cm³/mol. The van der Waals surface area contributed by atoms with Gasteiger partial charge < -0.3 is 10.2 Å². The Kier molecular flexibility index (Phi) is 6.52. The van der Waals surface area contributed by atoms with Gasteiger partial charge >= 0.3 is 0 Å². The van der Waals surface area contributed by atoms with Crippen LogP contribution in [-0.4, -0.2) is 41.4 Å². The Morgan fingerprint density at radius 1 is 0.955 bits per heavy atom. The van der Waals surface area contributed by atoms with Gasteiger partial charge in [0.2, 0.25) is 0 Å². The molecule has 0 saturated heterocycles. The Morgan fingerprint density at radius 3 is 2.32 bits per heavy atom. The highest BCUT2D eigenvalue weighted by Crippen LogP contribution is 2.18. The van der Waals surface area contributed by atoms with Crippen LogP contribution in [0.25, 0.3) is 0 Å². The summed E-state index contributed by atoms with van der Waals surface area (Å²) in [5, 5.41) is 19.4. The third kappa shape index (κ3) is 4.91. The van der Waals surface area contributed by atoms with Crippen molar-refractivity contribution in [3.8, 4) is 0 Å². The van der Waals surface area contributed by atoms with E-state index >= 15 is 0 Å². The quantitative estimate of drug-likeness (QED) is 0.787. The zero-order valence-corrected chi connectivity index (χ0v) is 12.5. The maximum Gasteiger partial charge on any atom is 0.129 e. The Bertz CT molecular complexity index is 562. The summed E-state index contributed by atoms with van der Waals surface area (Å²) >= 11 is 0. The predicted octanol–water partition coefficient (Wildman–Crippen LogP) is 2.40. The minimum Gasteiger partial charge on any atom is -0.395 e. The molecule has 0 aliphatic rings. The molecule has 0 bridgehead atoms. The highest BCUT2D eigenvalue weighted by molar-refractivity contribution is 5.20. The number of halogens is 1. The SMILES string of the molecule is OCCN(CCc1ccccc1)CC(O)c1ccccc1F. The number of aliphatic hydroxyl groups excluding tert-OH is 2. The van der Waals surface area contributed by atoms with Gasteiger partial charge in [0.05, 0.1) is 12.7 Å². The molecule has 118 valence electrons. The Balaban J connectivity index is 1.95. The number of nitrogens with zero attached hydrogens (tertiary/aromatic N) is 1. The molecule has 22 heavy (non-hydrogen) atoms. The molecule has 0 heterocycles. The molecular formula is C18H22FNO2. The molecule has 0 aliphatic heterocycles. The molecule has 0 aromatic heterocycles. The highest BCUT2D eigenvalue weighted by Gasteiger charge is 2.16. The van der Waals surface area contributed by atoms with E-state index in [1.54, 1.807) is 18.2 Å². The van der Waals surface area contributed by atoms with Gasteiger partial charge in [-0.3, -0.25) is 4.90 Å². The van der Waals surface area contributed by atoms with Crippen molar-refractivity contribution in [2.75, 3.05) is 26.2 Å². The summed E-state index contributed by atoms with van der Waals surface area (Å²) in [5.74, 6) is -0.401. The number of hydrogen-bond donors (Lipinski definition) is 2. The van der Waals surface area contributed by atoms with Gasteiger partial charge in [-0.1, -0.05) is 48.5 Å². The van der Waals surface area contributed by atoms with Gasteiger partial charge in [0.15, 0.2) is 0 Å². The van der Waals surface area contributed by atoms with Crippen molar-refractivity contribution in [2.24, 2.45) is 0 Å². The molecular weight excluding hydrogens is 281 g/mol. The van der Waals surface area contributed by atoms with Gasteiger partial charge in [-0.25, -0.2) is 4.39 Å². The molecule has 2 rings (SSSR count). The lowest BCUT2D eigenvalue weighted by molar-refractivity contribution is 0.0980. The average Bonchev–Trinajstić information content (AvgIpc) is 2.54. The van der Waals surface area contributed by atoms with Crippen molar-refractivity contribution in [3.05, 3.63) is 71.5 Å². The maximum atomic E-state index is 13.7. The smallest absolute Gasteiger partial charge is 0.129 e. The number of aliphatic hydroxyl groups is 2. The summed E-state index contributed by atoms with van der Waals surface area (Å²) in [6.07, 6.45) is -0.0753. The van der Waals surface area contributed by atoms with Crippen LogP contribution in [0, 0.1) is 5.82 Å². The maximum absolute atomic E-state index is 13.7. The molecule has 1 atom stereocenters. The third-order valence-electron chi connectivity index (χ3n) is 3.67. The summed E-state index contributed by atoms with van der Waals surface area (Å²) in [4.78, 5) is 1.95. The van der Waals surface area contributed by atoms with Crippen LogP contribution >= 0.6 is 0 Å². The summed E-state index contributed by atoms with van der Waals surface area (Å²) in [6, 6.07) is 16.3. The number of hydrogen-bond acceptors (Lipinski definition) is 3. The molecule has 3 nitrogen and oxygen atoms in total. The molecule has 0 spiro atoms. The normalized spacial score (nSPS) is 12.5. The van der Waals surface area contributed by atoms with Crippen LogP contribution in [0.2, 0.25) is 0 Å². The van der Waals surface area contributed by atoms with Gasteiger partial charge in [-0.15, -0.1) is 0 Å². The molecule has 0 saturated carbocycles. The Morgan fingerprint density at radius 2 is 1.64 bits per heavy atom. The fourth-order valence-electron chi connectivity index (χ4n) is 2.46. The van der Waals surface area contributed by atoms with Crippen molar-refractivity contribution in [1.82, 2.24) is 4.90 Å². The van der Waals surface area contributed by atoms with E-state index in [9.17, 15) is 14.6 Å². The first kappa shape index (κ1) is 16.6. The largest absolute Gasteiger partial charge is 0.395 e. The third-order valence-corrected chi connectivity index (χ3v) is 3.67. The van der Waals surface area contributed by atoms with E-state index in [0.29, 0.717) is 25.2 Å². The van der Waals surface area contributed by atoms with Crippen molar-refractivity contribution in [3.63, 3.8) is 0 Å². The first-order chi connectivity index (χ1) is 10.7. The van der Waals surface area contributed by atoms with Crippen LogP contribution in [0.1, 0.15) is 17.2 Å². The molecule has 2 aromatic carbocycles. The fraction of sp³-hybridized carbons (Fsp3) is 0.333. The monoisotopic (exact) mass is 303 g/mol. The lowest BCUT2D eigenvalue weighted by atomic mass is 10.1. The lowest BCUT2D eigenvalue weighted by Gasteiger charge is -2.24. The second-order valence-corrected chi connectivity index (χ2v) is 5.30. The van der Waals surface area contributed by atoms with Crippen molar-refractivity contribution >= 4 is 0 Å². The molecule has 1 unspecified atom stereocenters. The zero-order chi connectivity index (χ0) is 15.8. The van der Waals surface area contributed by atoms with E-state index in [4.69, 9.17) is 0 Å². The van der Waals surface area contributed by atoms with E-state index in [2.05, 4.69) is 0 Å². The number of rotatable bonds is 8. The van der Waals surface area contributed by atoms with Gasteiger partial charge in [0, 0.05) is 25.2 Å². The van der Waals surface area contributed by atoms with E-state index in [0.717, 1.165) is 6.42 Å². The van der Waals surface area contributed by atoms with Gasteiger partial charge in [-0.05, 0) is 18.1 Å². The molecule has 2 N–H and O–H groups in total. The molecule has 4 heteroatoms. The number of benzene rings is 2. The van der Waals surface area contributed by atoms with Crippen molar-refractivity contribution < 1.29 is 14.6 Å². The molecule has 0 amide bonds. The van der Waals surface area contributed by atoms with Crippen LogP contribution in [0.4, 0.5) is 4.39 Å². The van der Waals surface area contributed by atoms with Gasteiger partial charge in [0.25, 0.3) is 0 Å². The first-order valence-electron chi connectivity index (χ1n) is 7.50. The van der Waals surface area contributed by atoms with Crippen molar-refractivity contribution in [2.45, 2.75) is 12.5 Å². The Hall–Kier alpha value is -1.75. The van der Waals surface area contributed by atoms with Crippen LogP contribution in [0.15, 0.2) is 54.6 Å². The van der Waals surface area contributed by atoms with Crippen LogP contribution in [-0.2, 0) is 6.42 Å². The topological polar surface area (TPSA) is 43.7 Å². The molecule has 0 fully saturated rings. The second-order valence-electron chi connectivity index (χ2n) is 5.30. The molecule has 2 aromatic rings. The fourth-order valence-corrected chi connectivity index (χ4v) is 2.46. The zero-order valence-electron chi connectivity index (χ0n) is 12.5. The Labute approximate surface area is 130 Å². The lowest BCUT2D eigenvalue weighted by Crippen LogP contribution is -2.33. The summed E-state index contributed by atoms with van der Waals surface area (Å²) in [7, 11) is 0. The van der Waals surface area contributed by atoms with Crippen molar-refractivity contribution in [1.29, 1.82) is 0 Å². The van der Waals surface area contributed by atoms with E-state index in [1.807, 2.05) is 35.2 Å². The standard InChI is InChI=1S/C18H22FNO2/c19-17-9-5-4-8-16(17)18(22)14-20(12-13-21)11-10-15-6-2-1-3-7-15/h1-9,18,21-22H,10-14H2. The first-order valence-corrected chi connectivity index (χ1v) is 7.50. The average molecular weight is 303 g/mol. The minimum absolute atomic E-state index is 0.0127. The van der Waals surface area contributed by atoms with E-state index in [1.165, 1.54) is 11.6 Å². The van der Waals surface area contributed by atoms with E-state index in [-0.39, 0.29) is 6.61 Å². The van der Waals surface area contributed by atoms with Crippen LogP contribution < -0.4 is 0 Å².